The molecule has 0 spiro atoms. The van der Waals surface area contributed by atoms with Crippen molar-refractivity contribution in [2.75, 3.05) is 31.5 Å². The summed E-state index contributed by atoms with van der Waals surface area (Å²) in [6.07, 6.45) is 0.812. The number of carbonyl (C=O) groups excluding carboxylic acids is 2. The molecule has 1 aromatic heterocycles. The van der Waals surface area contributed by atoms with Crippen LogP contribution in [0.4, 0.5) is 11.5 Å². The summed E-state index contributed by atoms with van der Waals surface area (Å²) in [6.45, 7) is 7.74. The van der Waals surface area contributed by atoms with Gasteiger partial charge in [-0.05, 0) is 38.0 Å². The fourth-order valence-corrected chi connectivity index (χ4v) is 3.50. The molecule has 1 aliphatic heterocycles. The number of nitrogens with one attached hydrogen (secondary N) is 1. The van der Waals surface area contributed by atoms with Crippen LogP contribution in [0.1, 0.15) is 27.4 Å². The Morgan fingerprint density at radius 3 is 2.44 bits per heavy atom. The summed E-state index contributed by atoms with van der Waals surface area (Å²) in [6, 6.07) is 5.54. The van der Waals surface area contributed by atoms with E-state index < -0.39 is 0 Å². The minimum Gasteiger partial charge on any atom is -0.342 e. The highest BCUT2D eigenvalue weighted by atomic mass is 35.5. The van der Waals surface area contributed by atoms with Gasteiger partial charge in [0.1, 0.15) is 17.3 Å². The van der Waals surface area contributed by atoms with E-state index in [0.717, 1.165) is 23.2 Å². The number of nitrogens with zero attached hydrogens (tertiary/aromatic N) is 4. The van der Waals surface area contributed by atoms with Gasteiger partial charge in [-0.1, -0.05) is 17.7 Å². The molecule has 8 heteroatoms. The Morgan fingerprint density at radius 1 is 1.11 bits per heavy atom. The Bertz CT molecular complexity index is 855. The first kappa shape index (κ1) is 19.1. The average molecular weight is 388 g/mol. The fraction of sp³-hybridized carbons (Fsp3) is 0.368. The van der Waals surface area contributed by atoms with E-state index in [1.807, 2.05) is 26.0 Å². The maximum atomic E-state index is 12.8. The second kappa shape index (κ2) is 7.92. The van der Waals surface area contributed by atoms with Crippen molar-refractivity contribution in [3.63, 3.8) is 0 Å². The van der Waals surface area contributed by atoms with Gasteiger partial charge in [0.05, 0.1) is 10.7 Å². The number of hydrogen-bond acceptors (Lipinski definition) is 5. The predicted octanol–water partition coefficient (Wildman–Crippen LogP) is 2.71. The van der Waals surface area contributed by atoms with Crippen LogP contribution in [-0.4, -0.2) is 58.3 Å². The molecule has 0 saturated carbocycles. The summed E-state index contributed by atoms with van der Waals surface area (Å²) in [4.78, 5) is 35.7. The van der Waals surface area contributed by atoms with Crippen molar-refractivity contribution < 1.29 is 9.59 Å². The molecular weight excluding hydrogens is 366 g/mol. The Labute approximate surface area is 163 Å². The quantitative estimate of drug-likeness (QED) is 0.816. The number of aromatic nitrogens is 2. The number of benzene rings is 1. The topological polar surface area (TPSA) is 78.4 Å². The number of piperazine rings is 1. The van der Waals surface area contributed by atoms with Crippen LogP contribution in [0.25, 0.3) is 0 Å². The molecule has 1 N–H and O–H groups in total. The van der Waals surface area contributed by atoms with Crippen LogP contribution in [-0.2, 0) is 4.79 Å². The number of hydrogen-bond donors (Lipinski definition) is 1. The molecule has 27 heavy (non-hydrogen) atoms. The summed E-state index contributed by atoms with van der Waals surface area (Å²) in [7, 11) is 0. The third-order valence-corrected chi connectivity index (χ3v) is 4.79. The molecule has 1 aliphatic rings. The first-order chi connectivity index (χ1) is 12.9. The normalized spacial score (nSPS) is 14.2. The largest absolute Gasteiger partial charge is 0.342 e. The smallest absolute Gasteiger partial charge is 0.272 e. The highest BCUT2D eigenvalue weighted by Crippen LogP contribution is 2.30. The predicted molar refractivity (Wildman–Crippen MR) is 105 cm³/mol. The molecule has 0 atom stereocenters. The minimum atomic E-state index is -0.166. The lowest BCUT2D eigenvalue weighted by Gasteiger charge is -2.32. The van der Waals surface area contributed by atoms with Gasteiger partial charge in [0.25, 0.3) is 5.91 Å². The van der Waals surface area contributed by atoms with E-state index in [1.54, 1.807) is 22.8 Å². The Morgan fingerprint density at radius 2 is 1.81 bits per heavy atom. The molecule has 142 valence electrons. The first-order valence-electron chi connectivity index (χ1n) is 8.75. The Kier molecular flexibility index (Phi) is 5.60. The number of halogens is 1. The van der Waals surface area contributed by atoms with Gasteiger partial charge in [-0.25, -0.2) is 9.97 Å². The molecule has 0 unspecified atom stereocenters. The van der Waals surface area contributed by atoms with E-state index in [-0.39, 0.29) is 5.91 Å². The SMILES string of the molecule is Cc1cc(C)c(Nc2cc(C(=O)N3CCN(C=O)CC3)nc(C)n2)c(Cl)c1. The molecule has 2 aromatic rings. The molecule has 7 nitrogen and oxygen atoms in total. The number of aryl methyl sites for hydroxylation is 3. The monoisotopic (exact) mass is 387 g/mol. The highest BCUT2D eigenvalue weighted by Gasteiger charge is 2.23. The van der Waals surface area contributed by atoms with Crippen LogP contribution in [0.5, 0.6) is 0 Å². The van der Waals surface area contributed by atoms with Crippen molar-refractivity contribution in [3.05, 3.63) is 45.9 Å². The molecule has 0 bridgehead atoms. The number of carbonyl (C=O) groups is 2. The second-order valence-corrected chi connectivity index (χ2v) is 7.09. The molecule has 1 aromatic carbocycles. The second-order valence-electron chi connectivity index (χ2n) is 6.68. The zero-order valence-corrected chi connectivity index (χ0v) is 16.4. The molecule has 0 radical (unpaired) electrons. The van der Waals surface area contributed by atoms with Gasteiger partial charge in [-0.15, -0.1) is 0 Å². The first-order valence-corrected chi connectivity index (χ1v) is 9.13. The van der Waals surface area contributed by atoms with Crippen LogP contribution in [0.2, 0.25) is 5.02 Å². The zero-order chi connectivity index (χ0) is 19.6. The standard InChI is InChI=1S/C19H22ClN5O2/c1-12-8-13(2)18(15(20)9-12)23-17-10-16(21-14(3)22-17)19(27)25-6-4-24(11-26)5-7-25/h8-11H,4-7H2,1-3H3,(H,21,22,23). The molecule has 2 heterocycles. The fourth-order valence-electron chi connectivity index (χ4n) is 3.14. The van der Waals surface area contributed by atoms with Crippen LogP contribution in [0, 0.1) is 20.8 Å². The Balaban J connectivity index is 1.83. The van der Waals surface area contributed by atoms with E-state index in [1.165, 1.54) is 0 Å². The van der Waals surface area contributed by atoms with Crippen molar-refractivity contribution in [1.82, 2.24) is 19.8 Å². The van der Waals surface area contributed by atoms with Crippen LogP contribution < -0.4 is 5.32 Å². The molecule has 0 aliphatic carbocycles. The van der Waals surface area contributed by atoms with Gasteiger partial charge >= 0.3 is 0 Å². The van der Waals surface area contributed by atoms with Crippen molar-refractivity contribution in [3.8, 4) is 0 Å². The zero-order valence-electron chi connectivity index (χ0n) is 15.6. The number of amides is 2. The van der Waals surface area contributed by atoms with Crippen molar-refractivity contribution in [2.45, 2.75) is 20.8 Å². The van der Waals surface area contributed by atoms with E-state index in [9.17, 15) is 9.59 Å². The van der Waals surface area contributed by atoms with Crippen LogP contribution >= 0.6 is 11.6 Å². The third kappa shape index (κ3) is 4.36. The van der Waals surface area contributed by atoms with Gasteiger partial charge < -0.3 is 15.1 Å². The summed E-state index contributed by atoms with van der Waals surface area (Å²) in [5.74, 6) is 0.850. The summed E-state index contributed by atoms with van der Waals surface area (Å²) >= 11 is 6.36. The molecule has 1 fully saturated rings. The summed E-state index contributed by atoms with van der Waals surface area (Å²) < 4.78 is 0. The average Bonchev–Trinajstić information content (AvgIpc) is 2.63. The lowest BCUT2D eigenvalue weighted by Crippen LogP contribution is -2.48. The highest BCUT2D eigenvalue weighted by molar-refractivity contribution is 6.33. The van der Waals surface area contributed by atoms with E-state index >= 15 is 0 Å². The summed E-state index contributed by atoms with van der Waals surface area (Å²) in [5.41, 5.74) is 3.16. The van der Waals surface area contributed by atoms with E-state index in [0.29, 0.717) is 48.5 Å². The lowest BCUT2D eigenvalue weighted by atomic mass is 10.1. The van der Waals surface area contributed by atoms with Gasteiger partial charge in [0.15, 0.2) is 0 Å². The molecule has 2 amide bonds. The molecule has 1 saturated heterocycles. The molecular formula is C19H22ClN5O2. The van der Waals surface area contributed by atoms with Crippen LogP contribution in [0.3, 0.4) is 0 Å². The van der Waals surface area contributed by atoms with Gasteiger partial charge in [-0.3, -0.25) is 9.59 Å². The van der Waals surface area contributed by atoms with Gasteiger partial charge in [0, 0.05) is 32.2 Å². The lowest BCUT2D eigenvalue weighted by molar-refractivity contribution is -0.119. The van der Waals surface area contributed by atoms with Crippen molar-refractivity contribution >= 4 is 35.4 Å². The van der Waals surface area contributed by atoms with Crippen LogP contribution in [0.15, 0.2) is 18.2 Å². The van der Waals surface area contributed by atoms with Gasteiger partial charge in [0.2, 0.25) is 6.41 Å². The van der Waals surface area contributed by atoms with E-state index in [4.69, 9.17) is 11.6 Å². The molecule has 3 rings (SSSR count). The maximum Gasteiger partial charge on any atom is 0.272 e. The Hall–Kier alpha value is -2.67. The number of rotatable bonds is 4. The van der Waals surface area contributed by atoms with Crippen molar-refractivity contribution in [2.24, 2.45) is 0 Å². The maximum absolute atomic E-state index is 12.8. The number of anilines is 2. The van der Waals surface area contributed by atoms with Crippen molar-refractivity contribution in [1.29, 1.82) is 0 Å². The third-order valence-electron chi connectivity index (χ3n) is 4.49. The minimum absolute atomic E-state index is 0.166. The van der Waals surface area contributed by atoms with E-state index in [2.05, 4.69) is 15.3 Å². The van der Waals surface area contributed by atoms with Gasteiger partial charge in [-0.2, -0.15) is 0 Å². The summed E-state index contributed by atoms with van der Waals surface area (Å²) in [5, 5.41) is 3.81.